The molecule has 0 spiro atoms. The van der Waals surface area contributed by atoms with Crippen LogP contribution in [0.1, 0.15) is 5.56 Å². The first-order chi connectivity index (χ1) is 14.8. The Bertz CT molecular complexity index is 1340. The number of amides is 1. The van der Waals surface area contributed by atoms with E-state index in [1.54, 1.807) is 36.2 Å². The third-order valence-electron chi connectivity index (χ3n) is 5.26. The lowest BCUT2D eigenvalue weighted by Gasteiger charge is -2.33. The highest BCUT2D eigenvalue weighted by Gasteiger charge is 2.30. The second-order valence-corrected chi connectivity index (χ2v) is 10.5. The normalized spacial score (nSPS) is 15.7. The molecule has 0 bridgehead atoms. The van der Waals surface area contributed by atoms with Crippen LogP contribution in [0.5, 0.6) is 0 Å². The zero-order valence-corrected chi connectivity index (χ0v) is 19.1. The van der Waals surface area contributed by atoms with Gasteiger partial charge in [-0.25, -0.2) is 8.42 Å². The first-order valence-corrected chi connectivity index (χ1v) is 12.2. The van der Waals surface area contributed by atoms with E-state index in [1.165, 1.54) is 21.0 Å². The second-order valence-electron chi connectivity index (χ2n) is 7.14. The Balaban J connectivity index is 1.44. The van der Waals surface area contributed by atoms with Gasteiger partial charge in [0.25, 0.3) is 0 Å². The van der Waals surface area contributed by atoms with Gasteiger partial charge in [-0.1, -0.05) is 41.1 Å². The fraction of sp³-hybridized carbons (Fsp3) is 0.238. The van der Waals surface area contributed by atoms with Gasteiger partial charge in [0, 0.05) is 44.3 Å². The Morgan fingerprint density at radius 2 is 1.81 bits per heavy atom. The number of piperazine rings is 1. The number of hydrogen-bond acceptors (Lipinski definition) is 5. The van der Waals surface area contributed by atoms with E-state index < -0.39 is 10.0 Å². The molecule has 10 heteroatoms. The molecule has 0 unspecified atom stereocenters. The largest absolute Gasteiger partial charge is 0.337 e. The molecule has 4 rings (SSSR count). The summed E-state index contributed by atoms with van der Waals surface area (Å²) in [6, 6.07) is 11.9. The summed E-state index contributed by atoms with van der Waals surface area (Å²) in [5.41, 5.74) is 1.45. The average molecular weight is 478 g/mol. The monoisotopic (exact) mass is 477 g/mol. The van der Waals surface area contributed by atoms with Gasteiger partial charge < -0.3 is 9.47 Å². The highest BCUT2D eigenvalue weighted by Crippen LogP contribution is 2.24. The molecule has 1 aromatic heterocycles. The van der Waals surface area contributed by atoms with E-state index in [1.807, 2.05) is 18.2 Å². The van der Waals surface area contributed by atoms with Crippen molar-refractivity contribution in [2.45, 2.75) is 4.90 Å². The average Bonchev–Trinajstić information content (AvgIpc) is 3.06. The van der Waals surface area contributed by atoms with Crippen LogP contribution in [-0.4, -0.2) is 54.3 Å². The van der Waals surface area contributed by atoms with Crippen LogP contribution in [0.4, 0.5) is 0 Å². The number of rotatable bonds is 4. The predicted octanol–water partition coefficient (Wildman–Crippen LogP) is 2.80. The lowest BCUT2D eigenvalue weighted by atomic mass is 10.2. The summed E-state index contributed by atoms with van der Waals surface area (Å²) >= 11 is 7.12. The molecule has 2 aromatic carbocycles. The molecule has 7 nitrogen and oxygen atoms in total. The number of sulfonamides is 1. The maximum absolute atomic E-state index is 13.1. The smallest absolute Gasteiger partial charge is 0.307 e. The van der Waals surface area contributed by atoms with Crippen molar-refractivity contribution in [1.82, 2.24) is 13.8 Å². The third-order valence-corrected chi connectivity index (χ3v) is 8.50. The molecule has 0 atom stereocenters. The fourth-order valence-electron chi connectivity index (χ4n) is 3.45. The molecular weight excluding hydrogens is 458 g/mol. The van der Waals surface area contributed by atoms with Crippen LogP contribution in [0.15, 0.2) is 58.2 Å². The van der Waals surface area contributed by atoms with Gasteiger partial charge in [0.1, 0.15) is 0 Å². The minimum atomic E-state index is -3.71. The number of carbonyl (C=O) groups excluding carboxylic acids is 1. The van der Waals surface area contributed by atoms with E-state index in [0.29, 0.717) is 28.3 Å². The maximum Gasteiger partial charge on any atom is 0.307 e. The van der Waals surface area contributed by atoms with Crippen molar-refractivity contribution in [1.29, 1.82) is 0 Å². The van der Waals surface area contributed by atoms with Crippen LogP contribution in [0.3, 0.4) is 0 Å². The molecule has 31 heavy (non-hydrogen) atoms. The van der Waals surface area contributed by atoms with Crippen LogP contribution < -0.4 is 4.87 Å². The van der Waals surface area contributed by atoms with Gasteiger partial charge >= 0.3 is 4.87 Å². The molecule has 1 aliphatic heterocycles. The van der Waals surface area contributed by atoms with Gasteiger partial charge in [0.2, 0.25) is 15.9 Å². The first kappa shape index (κ1) is 21.8. The zero-order valence-electron chi connectivity index (χ0n) is 16.7. The quantitative estimate of drug-likeness (QED) is 0.541. The highest BCUT2D eigenvalue weighted by molar-refractivity contribution is 7.89. The molecule has 1 amide bonds. The van der Waals surface area contributed by atoms with Crippen molar-refractivity contribution >= 4 is 55.2 Å². The van der Waals surface area contributed by atoms with Gasteiger partial charge in [-0.3, -0.25) is 9.59 Å². The van der Waals surface area contributed by atoms with E-state index in [0.717, 1.165) is 16.9 Å². The van der Waals surface area contributed by atoms with Gasteiger partial charge in [-0.05, 0) is 35.9 Å². The minimum absolute atomic E-state index is 0.137. The fourth-order valence-corrected chi connectivity index (χ4v) is 6.09. The highest BCUT2D eigenvalue weighted by atomic mass is 35.5. The van der Waals surface area contributed by atoms with Crippen LogP contribution in [0, 0.1) is 0 Å². The molecule has 2 heterocycles. The van der Waals surface area contributed by atoms with Crippen molar-refractivity contribution in [2.24, 2.45) is 7.05 Å². The second kappa shape index (κ2) is 8.58. The molecule has 3 aromatic rings. The number of nitrogens with zero attached hydrogens (tertiary/aromatic N) is 3. The number of hydrogen-bond donors (Lipinski definition) is 0. The number of thiazole rings is 1. The van der Waals surface area contributed by atoms with Crippen molar-refractivity contribution < 1.29 is 13.2 Å². The van der Waals surface area contributed by atoms with Crippen LogP contribution >= 0.6 is 22.9 Å². The van der Waals surface area contributed by atoms with E-state index in [-0.39, 0.29) is 28.8 Å². The molecule has 0 radical (unpaired) electrons. The van der Waals surface area contributed by atoms with Gasteiger partial charge in [-0.15, -0.1) is 0 Å². The Morgan fingerprint density at radius 3 is 2.52 bits per heavy atom. The Kier molecular flexibility index (Phi) is 6.02. The summed E-state index contributed by atoms with van der Waals surface area (Å²) in [4.78, 5) is 26.0. The SMILES string of the molecule is Cn1c(=O)sc2cc(S(=O)(=O)N3CCN(C(=O)C=Cc4ccccc4Cl)CC3)ccc21. The predicted molar refractivity (Wildman–Crippen MR) is 123 cm³/mol. The van der Waals surface area contributed by atoms with Crippen LogP contribution in [0.2, 0.25) is 5.02 Å². The molecule has 0 saturated carbocycles. The van der Waals surface area contributed by atoms with E-state index >= 15 is 0 Å². The number of aryl methyl sites for hydroxylation is 1. The maximum atomic E-state index is 13.1. The summed E-state index contributed by atoms with van der Waals surface area (Å²) in [6.07, 6.45) is 3.12. The van der Waals surface area contributed by atoms with Crippen molar-refractivity contribution in [3.05, 3.63) is 68.8 Å². The summed E-state index contributed by atoms with van der Waals surface area (Å²) in [6.45, 7) is 1.01. The molecule has 0 N–H and O–H groups in total. The van der Waals surface area contributed by atoms with E-state index in [9.17, 15) is 18.0 Å². The van der Waals surface area contributed by atoms with Crippen molar-refractivity contribution in [2.75, 3.05) is 26.2 Å². The standard InChI is InChI=1S/C21H20ClN3O4S2/c1-23-18-8-7-16(14-19(18)30-21(23)27)31(28,29)25-12-10-24(11-13-25)20(26)9-6-15-4-2-3-5-17(15)22/h2-9,14H,10-13H2,1H3. The molecule has 1 aliphatic rings. The van der Waals surface area contributed by atoms with Gasteiger partial charge in [0.15, 0.2) is 0 Å². The van der Waals surface area contributed by atoms with Crippen molar-refractivity contribution in [3.8, 4) is 0 Å². The number of halogens is 1. The zero-order chi connectivity index (χ0) is 22.2. The first-order valence-electron chi connectivity index (χ1n) is 9.58. The summed E-state index contributed by atoms with van der Waals surface area (Å²) < 4.78 is 29.6. The van der Waals surface area contributed by atoms with E-state index in [4.69, 9.17) is 11.6 Å². The summed E-state index contributed by atoms with van der Waals surface area (Å²) in [7, 11) is -2.05. The van der Waals surface area contributed by atoms with E-state index in [2.05, 4.69) is 0 Å². The molecular formula is C21H20ClN3O4S2. The lowest BCUT2D eigenvalue weighted by molar-refractivity contribution is -0.127. The summed E-state index contributed by atoms with van der Waals surface area (Å²) in [5.74, 6) is -0.188. The summed E-state index contributed by atoms with van der Waals surface area (Å²) in [5, 5.41) is 0.558. The Hall–Kier alpha value is -2.46. The van der Waals surface area contributed by atoms with Crippen LogP contribution in [0.25, 0.3) is 16.3 Å². The minimum Gasteiger partial charge on any atom is -0.337 e. The number of fused-ring (bicyclic) bond motifs is 1. The molecule has 1 saturated heterocycles. The Morgan fingerprint density at radius 1 is 1.10 bits per heavy atom. The van der Waals surface area contributed by atoms with Gasteiger partial charge in [-0.2, -0.15) is 4.31 Å². The number of carbonyl (C=O) groups is 1. The van der Waals surface area contributed by atoms with Crippen LogP contribution in [-0.2, 0) is 21.9 Å². The number of aromatic nitrogens is 1. The van der Waals surface area contributed by atoms with Crippen molar-refractivity contribution in [3.63, 3.8) is 0 Å². The molecule has 162 valence electrons. The topological polar surface area (TPSA) is 79.7 Å². The van der Waals surface area contributed by atoms with Gasteiger partial charge in [0.05, 0.1) is 15.1 Å². The molecule has 0 aliphatic carbocycles. The lowest BCUT2D eigenvalue weighted by Crippen LogP contribution is -2.50. The Labute approximate surface area is 188 Å². The third kappa shape index (κ3) is 4.31. The molecule has 1 fully saturated rings. The number of benzene rings is 2.